The van der Waals surface area contributed by atoms with Crippen LogP contribution in [0.15, 0.2) is 30.3 Å². The summed E-state index contributed by atoms with van der Waals surface area (Å²) in [6.07, 6.45) is 3.06. The lowest BCUT2D eigenvalue weighted by Crippen LogP contribution is -2.33. The second kappa shape index (κ2) is 9.10. The fraction of sp³-hybridized carbons (Fsp3) is 0.435. The first kappa shape index (κ1) is 20.8. The molecule has 0 aliphatic carbocycles. The Balaban J connectivity index is 1.65. The van der Waals surface area contributed by atoms with Crippen molar-refractivity contribution in [3.8, 4) is 0 Å². The zero-order valence-corrected chi connectivity index (χ0v) is 18.6. The summed E-state index contributed by atoms with van der Waals surface area (Å²) in [6, 6.07) is 10.7. The predicted molar refractivity (Wildman–Crippen MR) is 122 cm³/mol. The van der Waals surface area contributed by atoms with Gasteiger partial charge in [0.05, 0.1) is 11.5 Å². The highest BCUT2D eigenvalue weighted by Crippen LogP contribution is 2.35. The van der Waals surface area contributed by atoms with Gasteiger partial charge >= 0.3 is 0 Å². The number of nitrogens with zero attached hydrogens (tertiary/aromatic N) is 3. The van der Waals surface area contributed by atoms with Crippen LogP contribution in [0, 0.1) is 13.8 Å². The van der Waals surface area contributed by atoms with Crippen molar-refractivity contribution in [2.75, 3.05) is 31.7 Å². The summed E-state index contributed by atoms with van der Waals surface area (Å²) in [5.74, 6) is 1.78. The largest absolute Gasteiger partial charge is 0.383 e. The highest BCUT2D eigenvalue weighted by molar-refractivity contribution is 7.21. The number of amides is 1. The molecule has 1 aliphatic heterocycles. The number of ether oxygens (including phenoxy) is 1. The minimum absolute atomic E-state index is 0.0125. The van der Waals surface area contributed by atoms with Gasteiger partial charge in [-0.3, -0.25) is 4.79 Å². The highest BCUT2D eigenvalue weighted by atomic mass is 32.1. The Morgan fingerprint density at radius 2 is 2.13 bits per heavy atom. The molecular formula is C23H28N4O2S. The number of aromatic nitrogens is 2. The van der Waals surface area contributed by atoms with Crippen molar-refractivity contribution < 1.29 is 9.53 Å². The normalized spacial score (nSPS) is 16.4. The average molecular weight is 425 g/mol. The number of thiophene rings is 1. The van der Waals surface area contributed by atoms with E-state index in [0.717, 1.165) is 58.3 Å². The third-order valence-corrected chi connectivity index (χ3v) is 6.77. The lowest BCUT2D eigenvalue weighted by atomic mass is 10.00. The number of aryl methyl sites for hydroxylation is 2. The van der Waals surface area contributed by atoms with Crippen LogP contribution in [0.1, 0.15) is 39.6 Å². The maximum absolute atomic E-state index is 12.9. The number of hydrogen-bond acceptors (Lipinski definition) is 6. The highest BCUT2D eigenvalue weighted by Gasteiger charge is 2.29. The molecule has 1 N–H and O–H groups in total. The molecule has 0 saturated carbocycles. The molecule has 4 rings (SSSR count). The van der Waals surface area contributed by atoms with Crippen LogP contribution in [0.3, 0.4) is 0 Å². The molecule has 1 aliphatic rings. The van der Waals surface area contributed by atoms with Gasteiger partial charge in [0.15, 0.2) is 0 Å². The fourth-order valence-electron chi connectivity index (χ4n) is 4.26. The van der Waals surface area contributed by atoms with Crippen LogP contribution in [-0.2, 0) is 11.2 Å². The molecule has 1 atom stereocenters. The summed E-state index contributed by atoms with van der Waals surface area (Å²) in [5, 5.41) is 4.18. The third kappa shape index (κ3) is 4.32. The zero-order chi connectivity index (χ0) is 21.1. The van der Waals surface area contributed by atoms with Crippen molar-refractivity contribution in [3.05, 3.63) is 52.3 Å². The molecule has 1 unspecified atom stereocenters. The average Bonchev–Trinajstić information content (AvgIpc) is 3.33. The van der Waals surface area contributed by atoms with E-state index in [0.29, 0.717) is 19.2 Å². The predicted octanol–water partition coefficient (Wildman–Crippen LogP) is 3.90. The molecule has 1 fully saturated rings. The lowest BCUT2D eigenvalue weighted by Gasteiger charge is -2.26. The fourth-order valence-corrected chi connectivity index (χ4v) is 5.41. The topological polar surface area (TPSA) is 67.3 Å². The van der Waals surface area contributed by atoms with Crippen LogP contribution in [-0.4, -0.2) is 48.7 Å². The second-order valence-corrected chi connectivity index (χ2v) is 8.82. The van der Waals surface area contributed by atoms with Crippen LogP contribution < -0.4 is 10.2 Å². The number of nitrogens with one attached hydrogen (secondary N) is 1. The van der Waals surface area contributed by atoms with Crippen molar-refractivity contribution in [2.45, 2.75) is 39.2 Å². The van der Waals surface area contributed by atoms with E-state index >= 15 is 0 Å². The third-order valence-electron chi connectivity index (χ3n) is 5.56. The van der Waals surface area contributed by atoms with E-state index < -0.39 is 0 Å². The van der Waals surface area contributed by atoms with Gasteiger partial charge in [-0.15, -0.1) is 11.3 Å². The van der Waals surface area contributed by atoms with Crippen molar-refractivity contribution in [2.24, 2.45) is 0 Å². The first-order valence-corrected chi connectivity index (χ1v) is 11.2. The summed E-state index contributed by atoms with van der Waals surface area (Å²) in [5.41, 5.74) is 2.13. The Labute approximate surface area is 181 Å². The SMILES string of the molecule is COCCNC(=O)c1sc2ccccc2c1CC1CCCN1c1cc(C)nc(C)n1. The first-order valence-electron chi connectivity index (χ1n) is 10.4. The van der Waals surface area contributed by atoms with E-state index in [1.165, 1.54) is 5.39 Å². The minimum Gasteiger partial charge on any atom is -0.383 e. The monoisotopic (exact) mass is 424 g/mol. The molecule has 1 aromatic carbocycles. The summed E-state index contributed by atoms with van der Waals surface area (Å²) >= 11 is 1.58. The molecule has 158 valence electrons. The molecule has 1 saturated heterocycles. The number of methoxy groups -OCH3 is 1. The Morgan fingerprint density at radius 1 is 1.30 bits per heavy atom. The van der Waals surface area contributed by atoms with Crippen molar-refractivity contribution in [1.82, 2.24) is 15.3 Å². The van der Waals surface area contributed by atoms with Crippen molar-refractivity contribution in [1.29, 1.82) is 0 Å². The number of benzene rings is 1. The van der Waals surface area contributed by atoms with Gasteiger partial charge in [0.1, 0.15) is 11.6 Å². The van der Waals surface area contributed by atoms with Gasteiger partial charge in [-0.1, -0.05) is 18.2 Å². The van der Waals surface area contributed by atoms with Gasteiger partial charge < -0.3 is 15.0 Å². The Hall–Kier alpha value is -2.51. The molecule has 7 heteroatoms. The van der Waals surface area contributed by atoms with Crippen molar-refractivity contribution >= 4 is 33.1 Å². The number of carbonyl (C=O) groups is 1. The maximum Gasteiger partial charge on any atom is 0.261 e. The van der Waals surface area contributed by atoms with Gasteiger partial charge in [-0.05, 0) is 50.1 Å². The number of rotatable bonds is 7. The number of anilines is 1. The van der Waals surface area contributed by atoms with Crippen LogP contribution >= 0.6 is 11.3 Å². The van der Waals surface area contributed by atoms with Gasteiger partial charge in [-0.2, -0.15) is 0 Å². The summed E-state index contributed by atoms with van der Waals surface area (Å²) < 4.78 is 6.23. The number of fused-ring (bicyclic) bond motifs is 1. The van der Waals surface area contributed by atoms with Crippen LogP contribution in [0.25, 0.3) is 10.1 Å². The zero-order valence-electron chi connectivity index (χ0n) is 17.8. The van der Waals surface area contributed by atoms with E-state index in [2.05, 4.69) is 44.5 Å². The molecule has 0 spiro atoms. The molecule has 2 aromatic heterocycles. The smallest absolute Gasteiger partial charge is 0.261 e. The van der Waals surface area contributed by atoms with Crippen LogP contribution in [0.4, 0.5) is 5.82 Å². The summed E-state index contributed by atoms with van der Waals surface area (Å²) in [4.78, 5) is 25.2. The molecule has 30 heavy (non-hydrogen) atoms. The Morgan fingerprint density at radius 3 is 2.93 bits per heavy atom. The number of carbonyl (C=O) groups excluding carboxylic acids is 1. The van der Waals surface area contributed by atoms with Gasteiger partial charge in [0.2, 0.25) is 0 Å². The molecule has 0 radical (unpaired) electrons. The van der Waals surface area contributed by atoms with E-state index in [1.807, 2.05) is 19.9 Å². The summed E-state index contributed by atoms with van der Waals surface area (Å²) in [7, 11) is 1.64. The van der Waals surface area contributed by atoms with E-state index in [1.54, 1.807) is 18.4 Å². The van der Waals surface area contributed by atoms with Gasteiger partial charge in [-0.25, -0.2) is 9.97 Å². The van der Waals surface area contributed by atoms with Gasteiger partial charge in [0.25, 0.3) is 5.91 Å². The maximum atomic E-state index is 12.9. The standard InChI is InChI=1S/C23H28N4O2S/c1-15-13-21(26-16(2)25-15)27-11-6-7-17(27)14-19-18-8-4-5-9-20(18)30-22(19)23(28)24-10-12-29-3/h4-5,8-9,13,17H,6-7,10-12,14H2,1-3H3,(H,24,28). The first-order chi connectivity index (χ1) is 14.6. The summed E-state index contributed by atoms with van der Waals surface area (Å²) in [6.45, 7) is 5.96. The van der Waals surface area contributed by atoms with Crippen LogP contribution in [0.2, 0.25) is 0 Å². The second-order valence-electron chi connectivity index (χ2n) is 7.76. The van der Waals surface area contributed by atoms with E-state index in [9.17, 15) is 4.79 Å². The van der Waals surface area contributed by atoms with E-state index in [4.69, 9.17) is 4.74 Å². The van der Waals surface area contributed by atoms with E-state index in [-0.39, 0.29) is 5.91 Å². The molecule has 3 heterocycles. The quantitative estimate of drug-likeness (QED) is 0.583. The van der Waals surface area contributed by atoms with Crippen molar-refractivity contribution in [3.63, 3.8) is 0 Å². The van der Waals surface area contributed by atoms with Gasteiger partial charge in [0, 0.05) is 42.7 Å². The lowest BCUT2D eigenvalue weighted by molar-refractivity contribution is 0.0940. The molecule has 6 nitrogen and oxygen atoms in total. The molecule has 0 bridgehead atoms. The molecule has 3 aromatic rings. The minimum atomic E-state index is -0.0125. The molecular weight excluding hydrogens is 396 g/mol. The Bertz CT molecular complexity index is 1030. The molecule has 1 amide bonds. The van der Waals surface area contributed by atoms with Crippen LogP contribution in [0.5, 0.6) is 0 Å². The Kier molecular flexibility index (Phi) is 6.29. The number of hydrogen-bond donors (Lipinski definition) is 1.